The minimum Gasteiger partial charge on any atom is -0.465 e. The Bertz CT molecular complexity index is 691. The van der Waals surface area contributed by atoms with Crippen LogP contribution in [-0.2, 0) is 4.74 Å². The Labute approximate surface area is 121 Å². The first-order chi connectivity index (χ1) is 9.93. The highest BCUT2D eigenvalue weighted by atomic mass is 16.5. The lowest BCUT2D eigenvalue weighted by Gasteiger charge is -2.09. The van der Waals surface area contributed by atoms with Crippen molar-refractivity contribution in [2.75, 3.05) is 26.9 Å². The van der Waals surface area contributed by atoms with E-state index >= 15 is 0 Å². The van der Waals surface area contributed by atoms with Gasteiger partial charge in [-0.25, -0.2) is 9.48 Å². The zero-order valence-corrected chi connectivity index (χ0v) is 12.0. The molecule has 0 saturated heterocycles. The molecule has 0 aliphatic carbocycles. The summed E-state index contributed by atoms with van der Waals surface area (Å²) in [6.07, 6.45) is 1.64. The second-order valence-corrected chi connectivity index (χ2v) is 4.61. The number of nitrogen functional groups attached to an aromatic ring is 1. The van der Waals surface area contributed by atoms with E-state index in [1.165, 1.54) is 22.8 Å². The monoisotopic (exact) mass is 288 g/mol. The molecule has 21 heavy (non-hydrogen) atoms. The van der Waals surface area contributed by atoms with Gasteiger partial charge in [-0.05, 0) is 24.3 Å². The van der Waals surface area contributed by atoms with Crippen molar-refractivity contribution in [2.45, 2.75) is 0 Å². The van der Waals surface area contributed by atoms with Crippen LogP contribution in [0.1, 0.15) is 20.8 Å². The highest BCUT2D eigenvalue weighted by Gasteiger charge is 2.14. The molecule has 2 rings (SSSR count). The minimum absolute atomic E-state index is 0.196. The van der Waals surface area contributed by atoms with E-state index < -0.39 is 5.97 Å². The molecule has 2 N–H and O–H groups in total. The quantitative estimate of drug-likeness (QED) is 0.670. The first-order valence-corrected chi connectivity index (χ1v) is 6.19. The third-order valence-corrected chi connectivity index (χ3v) is 2.91. The minimum atomic E-state index is -0.461. The molecule has 0 fully saturated rings. The molecule has 0 saturated carbocycles. The third-order valence-electron chi connectivity index (χ3n) is 2.91. The topological polar surface area (TPSA) is 90.5 Å². The van der Waals surface area contributed by atoms with Gasteiger partial charge in [-0.15, -0.1) is 0 Å². The predicted octanol–water partition coefficient (Wildman–Crippen LogP) is 0.943. The van der Waals surface area contributed by atoms with Crippen LogP contribution in [0, 0.1) is 0 Å². The molecule has 1 amide bonds. The van der Waals surface area contributed by atoms with E-state index in [2.05, 4.69) is 9.84 Å². The third kappa shape index (κ3) is 2.86. The summed E-state index contributed by atoms with van der Waals surface area (Å²) in [5, 5.41) is 4.19. The molecular weight excluding hydrogens is 272 g/mol. The van der Waals surface area contributed by atoms with Gasteiger partial charge in [-0.3, -0.25) is 4.79 Å². The molecule has 7 heteroatoms. The molecule has 0 spiro atoms. The van der Waals surface area contributed by atoms with E-state index in [0.29, 0.717) is 22.6 Å². The summed E-state index contributed by atoms with van der Waals surface area (Å²) in [7, 11) is 4.61. The van der Waals surface area contributed by atoms with Crippen molar-refractivity contribution in [3.63, 3.8) is 0 Å². The molecule has 2 aromatic rings. The molecule has 0 unspecified atom stereocenters. The number of hydrogen-bond acceptors (Lipinski definition) is 5. The number of carbonyl (C=O) groups is 2. The van der Waals surface area contributed by atoms with Crippen LogP contribution in [0.3, 0.4) is 0 Å². The van der Waals surface area contributed by atoms with Crippen LogP contribution in [0.5, 0.6) is 0 Å². The van der Waals surface area contributed by atoms with E-state index in [-0.39, 0.29) is 5.91 Å². The molecule has 0 aliphatic heterocycles. The van der Waals surface area contributed by atoms with Crippen molar-refractivity contribution < 1.29 is 14.3 Å². The Morgan fingerprint density at radius 3 is 2.57 bits per heavy atom. The summed E-state index contributed by atoms with van der Waals surface area (Å²) in [4.78, 5) is 24.7. The maximum absolute atomic E-state index is 11.8. The number of ether oxygens (including phenoxy) is 1. The van der Waals surface area contributed by atoms with Gasteiger partial charge >= 0.3 is 5.97 Å². The number of nitrogens with two attached hydrogens (primary N) is 1. The largest absolute Gasteiger partial charge is 0.465 e. The van der Waals surface area contributed by atoms with Crippen LogP contribution in [0.25, 0.3) is 5.69 Å². The predicted molar refractivity (Wildman–Crippen MR) is 77.3 cm³/mol. The van der Waals surface area contributed by atoms with Gasteiger partial charge in [0, 0.05) is 20.3 Å². The molecule has 1 heterocycles. The second-order valence-electron chi connectivity index (χ2n) is 4.61. The van der Waals surface area contributed by atoms with Crippen molar-refractivity contribution >= 4 is 17.6 Å². The van der Waals surface area contributed by atoms with Gasteiger partial charge in [-0.2, -0.15) is 5.10 Å². The van der Waals surface area contributed by atoms with Crippen molar-refractivity contribution in [1.82, 2.24) is 14.7 Å². The highest BCUT2D eigenvalue weighted by Crippen LogP contribution is 2.19. The summed E-state index contributed by atoms with van der Waals surface area (Å²) in [6.45, 7) is 0. The average Bonchev–Trinajstić information content (AvgIpc) is 2.94. The Hall–Kier alpha value is -2.83. The first kappa shape index (κ1) is 14.6. The summed E-state index contributed by atoms with van der Waals surface area (Å²) in [5.74, 6) is -0.657. The summed E-state index contributed by atoms with van der Waals surface area (Å²) in [6, 6.07) is 6.36. The van der Waals surface area contributed by atoms with Gasteiger partial charge in [0.2, 0.25) is 0 Å². The fraction of sp³-hybridized carbons (Fsp3) is 0.214. The van der Waals surface area contributed by atoms with Gasteiger partial charge in [0.1, 0.15) is 0 Å². The number of benzene rings is 1. The molecule has 7 nitrogen and oxygen atoms in total. The van der Waals surface area contributed by atoms with Gasteiger partial charge in [0.25, 0.3) is 5.91 Å². The first-order valence-electron chi connectivity index (χ1n) is 6.19. The van der Waals surface area contributed by atoms with Gasteiger partial charge in [0.15, 0.2) is 5.69 Å². The molecule has 1 aromatic carbocycles. The Morgan fingerprint density at radius 1 is 1.29 bits per heavy atom. The molecule has 110 valence electrons. The smallest absolute Gasteiger partial charge is 0.337 e. The average molecular weight is 288 g/mol. The van der Waals surface area contributed by atoms with Gasteiger partial charge in [-0.1, -0.05) is 0 Å². The molecule has 0 bridgehead atoms. The van der Waals surface area contributed by atoms with Crippen LogP contribution < -0.4 is 5.73 Å². The lowest BCUT2D eigenvalue weighted by molar-refractivity contribution is 0.0600. The van der Waals surface area contributed by atoms with Crippen LogP contribution in [-0.4, -0.2) is 47.8 Å². The number of rotatable bonds is 3. The maximum atomic E-state index is 11.8. The molecule has 1 aromatic heterocycles. The highest BCUT2D eigenvalue weighted by molar-refractivity contribution is 5.92. The van der Waals surface area contributed by atoms with E-state index in [9.17, 15) is 9.59 Å². The number of hydrogen-bond donors (Lipinski definition) is 1. The van der Waals surface area contributed by atoms with Crippen molar-refractivity contribution in [1.29, 1.82) is 0 Å². The van der Waals surface area contributed by atoms with E-state index in [4.69, 9.17) is 5.73 Å². The van der Waals surface area contributed by atoms with E-state index in [1.54, 1.807) is 38.5 Å². The van der Waals surface area contributed by atoms with Crippen molar-refractivity contribution in [3.8, 4) is 5.69 Å². The van der Waals surface area contributed by atoms with Crippen LogP contribution in [0.4, 0.5) is 5.69 Å². The molecule has 0 aliphatic rings. The Morgan fingerprint density at radius 2 is 2.00 bits per heavy atom. The number of aromatic nitrogens is 2. The number of esters is 1. The number of amides is 1. The zero-order valence-electron chi connectivity index (χ0n) is 12.0. The van der Waals surface area contributed by atoms with Crippen molar-refractivity contribution in [2.24, 2.45) is 0 Å². The fourth-order valence-electron chi connectivity index (χ4n) is 1.81. The van der Waals surface area contributed by atoms with Crippen LogP contribution in [0.2, 0.25) is 0 Å². The molecular formula is C14H16N4O3. The maximum Gasteiger partial charge on any atom is 0.337 e. The number of nitrogens with zero attached hydrogens (tertiary/aromatic N) is 3. The normalized spacial score (nSPS) is 10.2. The molecule has 0 atom stereocenters. The van der Waals surface area contributed by atoms with Gasteiger partial charge < -0.3 is 15.4 Å². The van der Waals surface area contributed by atoms with E-state index in [1.807, 2.05) is 0 Å². The number of methoxy groups -OCH3 is 1. The van der Waals surface area contributed by atoms with E-state index in [0.717, 1.165) is 0 Å². The Balaban J connectivity index is 2.35. The zero-order chi connectivity index (χ0) is 15.6. The number of anilines is 1. The van der Waals surface area contributed by atoms with Crippen molar-refractivity contribution in [3.05, 3.63) is 41.7 Å². The summed E-state index contributed by atoms with van der Waals surface area (Å²) in [5.41, 5.74) is 7.55. The SMILES string of the molecule is COC(=O)c1ccc(-n2ccc(C(=O)N(C)C)n2)c(N)c1. The Kier molecular flexibility index (Phi) is 3.93. The summed E-state index contributed by atoms with van der Waals surface area (Å²) < 4.78 is 6.12. The number of carbonyl (C=O) groups excluding carboxylic acids is 2. The molecule has 0 radical (unpaired) electrons. The lowest BCUT2D eigenvalue weighted by atomic mass is 10.2. The van der Waals surface area contributed by atoms with Crippen LogP contribution >= 0.6 is 0 Å². The summed E-state index contributed by atoms with van der Waals surface area (Å²) >= 11 is 0. The van der Waals surface area contributed by atoms with Crippen LogP contribution in [0.15, 0.2) is 30.5 Å². The lowest BCUT2D eigenvalue weighted by Crippen LogP contribution is -2.22. The van der Waals surface area contributed by atoms with Gasteiger partial charge in [0.05, 0.1) is 24.0 Å². The standard InChI is InChI=1S/C14H16N4O3/c1-17(2)13(19)11-6-7-18(16-11)12-5-4-9(8-10(12)15)14(20)21-3/h4-8H,15H2,1-3H3. The second kappa shape index (κ2) is 5.66. The fourth-order valence-corrected chi connectivity index (χ4v) is 1.81.